The minimum absolute atomic E-state index is 0.846. The molecular weight excluding hydrogens is 506 g/mol. The third-order valence-corrected chi connectivity index (χ3v) is 9.10. The van der Waals surface area contributed by atoms with E-state index in [1.54, 1.807) is 0 Å². The molecule has 3 heterocycles. The van der Waals surface area contributed by atoms with Gasteiger partial charge in [-0.2, -0.15) is 0 Å². The third kappa shape index (κ3) is 3.05. The summed E-state index contributed by atoms with van der Waals surface area (Å²) < 4.78 is 4.94. The van der Waals surface area contributed by atoms with Crippen molar-refractivity contribution in [3.8, 4) is 17.1 Å². The van der Waals surface area contributed by atoms with Crippen LogP contribution in [0.2, 0.25) is 0 Å². The van der Waals surface area contributed by atoms with E-state index in [1.165, 1.54) is 41.7 Å². The highest BCUT2D eigenvalue weighted by Gasteiger charge is 2.21. The van der Waals surface area contributed by atoms with Crippen molar-refractivity contribution in [2.45, 2.75) is 0 Å². The van der Waals surface area contributed by atoms with Gasteiger partial charge in [0, 0.05) is 36.5 Å². The minimum Gasteiger partial charge on any atom is -0.292 e. The SMILES string of the molecule is c1ccc(-c2nc3ccccc3nc2-n2c3cc4c(cc3c3c5ccccc5ccc32)sc2ccccc24)cc1. The summed E-state index contributed by atoms with van der Waals surface area (Å²) in [4.78, 5) is 10.5. The zero-order valence-electron chi connectivity index (χ0n) is 21.4. The molecule has 186 valence electrons. The predicted molar refractivity (Wildman–Crippen MR) is 170 cm³/mol. The van der Waals surface area contributed by atoms with Crippen molar-refractivity contribution in [1.29, 1.82) is 0 Å². The van der Waals surface area contributed by atoms with Crippen LogP contribution in [-0.2, 0) is 0 Å². The van der Waals surface area contributed by atoms with Crippen LogP contribution in [0.5, 0.6) is 0 Å². The van der Waals surface area contributed by atoms with Gasteiger partial charge in [-0.1, -0.05) is 91.0 Å². The van der Waals surface area contributed by atoms with Crippen LogP contribution >= 0.6 is 11.3 Å². The van der Waals surface area contributed by atoms with Crippen molar-refractivity contribution >= 4 is 75.1 Å². The van der Waals surface area contributed by atoms with Crippen molar-refractivity contribution in [3.63, 3.8) is 0 Å². The molecular formula is C36H21N3S. The Morgan fingerprint density at radius 1 is 0.500 bits per heavy atom. The summed E-state index contributed by atoms with van der Waals surface area (Å²) in [6.07, 6.45) is 0. The van der Waals surface area contributed by atoms with E-state index in [1.807, 2.05) is 35.6 Å². The summed E-state index contributed by atoms with van der Waals surface area (Å²) in [7, 11) is 0. The summed E-state index contributed by atoms with van der Waals surface area (Å²) in [5.41, 5.74) is 5.98. The Kier molecular flexibility index (Phi) is 4.48. The lowest BCUT2D eigenvalue weighted by atomic mass is 10.0. The van der Waals surface area contributed by atoms with Gasteiger partial charge in [-0.25, -0.2) is 9.97 Å². The standard InChI is InChI=1S/C36H21N3S/c1-2-11-23(12-3-1)35-36(38-29-16-8-7-15-28(29)37-35)39-30-19-18-22-10-4-5-13-24(22)34(30)27-21-33-26(20-31(27)39)25-14-6-9-17-32(25)40-33/h1-21H. The second kappa shape index (κ2) is 8.22. The van der Waals surface area contributed by atoms with Crippen molar-refractivity contribution in [3.05, 3.63) is 127 Å². The van der Waals surface area contributed by atoms with E-state index in [2.05, 4.69) is 108 Å². The monoisotopic (exact) mass is 527 g/mol. The van der Waals surface area contributed by atoms with Gasteiger partial charge in [-0.05, 0) is 47.2 Å². The predicted octanol–water partition coefficient (Wildman–Crippen LogP) is 9.91. The van der Waals surface area contributed by atoms with Crippen LogP contribution in [0, 0.1) is 0 Å². The number of benzene rings is 6. The number of fused-ring (bicyclic) bond motifs is 9. The maximum Gasteiger partial charge on any atom is 0.165 e. The molecule has 0 N–H and O–H groups in total. The first kappa shape index (κ1) is 21.8. The van der Waals surface area contributed by atoms with Crippen LogP contribution < -0.4 is 0 Å². The van der Waals surface area contributed by atoms with Crippen LogP contribution in [0.25, 0.3) is 80.9 Å². The molecule has 0 spiro atoms. The Hall–Kier alpha value is -5.06. The number of para-hydroxylation sites is 2. The lowest BCUT2D eigenvalue weighted by molar-refractivity contribution is 1.08. The summed E-state index contributed by atoms with van der Waals surface area (Å²) in [6, 6.07) is 45.2. The molecule has 3 nitrogen and oxygen atoms in total. The van der Waals surface area contributed by atoms with Gasteiger partial charge >= 0.3 is 0 Å². The Labute approximate surface area is 233 Å². The third-order valence-electron chi connectivity index (χ3n) is 7.96. The molecule has 0 atom stereocenters. The van der Waals surface area contributed by atoms with Crippen molar-refractivity contribution in [2.75, 3.05) is 0 Å². The fraction of sp³-hybridized carbons (Fsp3) is 0. The second-order valence-corrected chi connectivity index (χ2v) is 11.3. The van der Waals surface area contributed by atoms with Crippen LogP contribution in [0.15, 0.2) is 127 Å². The van der Waals surface area contributed by atoms with E-state index >= 15 is 0 Å². The molecule has 0 saturated carbocycles. The molecule has 3 aromatic heterocycles. The Morgan fingerprint density at radius 3 is 2.10 bits per heavy atom. The lowest BCUT2D eigenvalue weighted by Gasteiger charge is -2.14. The van der Waals surface area contributed by atoms with Gasteiger partial charge in [0.15, 0.2) is 5.82 Å². The Morgan fingerprint density at radius 2 is 1.23 bits per heavy atom. The molecule has 0 amide bonds. The highest BCUT2D eigenvalue weighted by atomic mass is 32.1. The molecule has 9 aromatic rings. The van der Waals surface area contributed by atoms with Crippen molar-refractivity contribution < 1.29 is 0 Å². The van der Waals surface area contributed by atoms with Crippen LogP contribution in [0.4, 0.5) is 0 Å². The van der Waals surface area contributed by atoms with Crippen molar-refractivity contribution in [2.24, 2.45) is 0 Å². The average Bonchev–Trinajstić information content (AvgIpc) is 3.54. The van der Waals surface area contributed by atoms with E-state index in [0.717, 1.165) is 39.1 Å². The fourth-order valence-electron chi connectivity index (χ4n) is 6.17. The second-order valence-electron chi connectivity index (χ2n) is 10.2. The van der Waals surface area contributed by atoms with E-state index in [4.69, 9.17) is 9.97 Å². The lowest BCUT2D eigenvalue weighted by Crippen LogP contribution is -2.03. The van der Waals surface area contributed by atoms with Gasteiger partial charge in [0.2, 0.25) is 0 Å². The molecule has 0 saturated heterocycles. The van der Waals surface area contributed by atoms with Crippen LogP contribution in [0.1, 0.15) is 0 Å². The highest BCUT2D eigenvalue weighted by molar-refractivity contribution is 7.25. The topological polar surface area (TPSA) is 30.7 Å². The van der Waals surface area contributed by atoms with E-state index in [0.29, 0.717) is 0 Å². The number of rotatable bonds is 2. The maximum absolute atomic E-state index is 5.31. The number of hydrogen-bond acceptors (Lipinski definition) is 3. The molecule has 0 radical (unpaired) electrons. The zero-order chi connectivity index (χ0) is 26.2. The number of aromatic nitrogens is 3. The van der Waals surface area contributed by atoms with E-state index in [9.17, 15) is 0 Å². The molecule has 4 heteroatoms. The Balaban J connectivity index is 1.52. The number of hydrogen-bond donors (Lipinski definition) is 0. The average molecular weight is 528 g/mol. The summed E-state index contributed by atoms with van der Waals surface area (Å²) >= 11 is 1.86. The number of nitrogens with zero attached hydrogens (tertiary/aromatic N) is 3. The van der Waals surface area contributed by atoms with E-state index in [-0.39, 0.29) is 0 Å². The quantitative estimate of drug-likeness (QED) is 0.224. The normalized spacial score (nSPS) is 12.0. The first-order valence-corrected chi connectivity index (χ1v) is 14.2. The minimum atomic E-state index is 0.846. The molecule has 6 aromatic carbocycles. The van der Waals surface area contributed by atoms with E-state index < -0.39 is 0 Å². The molecule has 0 bridgehead atoms. The molecule has 0 aliphatic heterocycles. The first-order valence-electron chi connectivity index (χ1n) is 13.4. The molecule has 0 aliphatic rings. The van der Waals surface area contributed by atoms with Crippen molar-refractivity contribution in [1.82, 2.24) is 14.5 Å². The number of thiophene rings is 1. The van der Waals surface area contributed by atoms with Crippen LogP contribution in [0.3, 0.4) is 0 Å². The van der Waals surface area contributed by atoms with Gasteiger partial charge in [-0.15, -0.1) is 11.3 Å². The zero-order valence-corrected chi connectivity index (χ0v) is 22.2. The molecule has 0 fully saturated rings. The largest absolute Gasteiger partial charge is 0.292 e. The maximum atomic E-state index is 5.31. The van der Waals surface area contributed by atoms with Gasteiger partial charge in [0.25, 0.3) is 0 Å². The van der Waals surface area contributed by atoms with Gasteiger partial charge in [-0.3, -0.25) is 4.57 Å². The summed E-state index contributed by atoms with van der Waals surface area (Å²) in [5.74, 6) is 0.846. The molecule has 0 aliphatic carbocycles. The van der Waals surface area contributed by atoms with Crippen LogP contribution in [-0.4, -0.2) is 14.5 Å². The van der Waals surface area contributed by atoms with Gasteiger partial charge < -0.3 is 0 Å². The summed E-state index contributed by atoms with van der Waals surface area (Å²) in [6.45, 7) is 0. The van der Waals surface area contributed by atoms with Gasteiger partial charge in [0.05, 0.1) is 22.1 Å². The summed E-state index contributed by atoms with van der Waals surface area (Å²) in [5, 5.41) is 7.54. The first-order chi connectivity index (χ1) is 19.8. The highest BCUT2D eigenvalue weighted by Crippen LogP contribution is 2.43. The smallest absolute Gasteiger partial charge is 0.165 e. The molecule has 0 unspecified atom stereocenters. The Bertz CT molecular complexity index is 2430. The van der Waals surface area contributed by atoms with Gasteiger partial charge in [0.1, 0.15) is 5.69 Å². The molecule has 40 heavy (non-hydrogen) atoms. The fourth-order valence-corrected chi connectivity index (χ4v) is 7.30. The molecule has 9 rings (SSSR count).